The van der Waals surface area contributed by atoms with Crippen molar-refractivity contribution < 1.29 is 10.2 Å². The molecule has 2 aromatic rings. The smallest absolute Gasteiger partial charge is 0.119 e. The van der Waals surface area contributed by atoms with Crippen molar-refractivity contribution in [2.24, 2.45) is 0 Å². The maximum atomic E-state index is 10.4. The van der Waals surface area contributed by atoms with Crippen molar-refractivity contribution in [2.75, 3.05) is 6.54 Å². The van der Waals surface area contributed by atoms with Crippen LogP contribution in [0.5, 0.6) is 11.5 Å². The molecular formula is C43H73NO2. The Balaban J connectivity index is 1.73. The minimum atomic E-state index is 0.373. The molecule has 46 heavy (non-hydrogen) atoms. The minimum Gasteiger partial charge on any atom is -0.508 e. The van der Waals surface area contributed by atoms with Crippen LogP contribution in [0, 0.1) is 0 Å². The molecule has 0 saturated heterocycles. The Morgan fingerprint density at radius 1 is 0.522 bits per heavy atom. The van der Waals surface area contributed by atoms with Gasteiger partial charge in [0.25, 0.3) is 0 Å². The summed E-state index contributed by atoms with van der Waals surface area (Å²) in [6, 6.07) is 12.9. The first-order valence-electron chi connectivity index (χ1n) is 19.8. The summed E-state index contributed by atoms with van der Waals surface area (Å²) in [6.07, 6.45) is 28.8. The predicted molar refractivity (Wildman–Crippen MR) is 202 cm³/mol. The van der Waals surface area contributed by atoms with Gasteiger partial charge in [-0.3, -0.25) is 0 Å². The zero-order valence-electron chi connectivity index (χ0n) is 30.9. The second-order valence-corrected chi connectivity index (χ2v) is 14.4. The zero-order valence-corrected chi connectivity index (χ0v) is 30.9. The molecule has 0 heterocycles. The van der Waals surface area contributed by atoms with Gasteiger partial charge in [0.05, 0.1) is 0 Å². The number of unbranched alkanes of at least 4 members (excludes halogenated alkanes) is 15. The summed E-state index contributed by atoms with van der Waals surface area (Å²) in [4.78, 5) is 0. The van der Waals surface area contributed by atoms with E-state index < -0.39 is 0 Å². The number of hydrogen-bond acceptors (Lipinski definition) is 3. The monoisotopic (exact) mass is 636 g/mol. The molecule has 0 amide bonds. The summed E-state index contributed by atoms with van der Waals surface area (Å²) in [5, 5.41) is 24.7. The number of aromatic hydroxyl groups is 2. The van der Waals surface area contributed by atoms with Crippen LogP contribution >= 0.6 is 0 Å². The number of hydrogen-bond donors (Lipinski definition) is 3. The molecule has 0 spiro atoms. The summed E-state index contributed by atoms with van der Waals surface area (Å²) in [7, 11) is 0. The van der Waals surface area contributed by atoms with Crippen LogP contribution in [0.25, 0.3) is 0 Å². The quantitative estimate of drug-likeness (QED) is 0.0815. The van der Waals surface area contributed by atoms with Crippen LogP contribution in [0.3, 0.4) is 0 Å². The van der Waals surface area contributed by atoms with Crippen LogP contribution in [0.4, 0.5) is 0 Å². The summed E-state index contributed by atoms with van der Waals surface area (Å²) in [6.45, 7) is 12.2. The molecule has 2 unspecified atom stereocenters. The SMILES string of the molecule is CCCCCCCCCCCCCCCCCCNC(CCc1ccc(O)c(C(C)CC)c1)CCc1ccc(O)c(C(C)CC)c1. The summed E-state index contributed by atoms with van der Waals surface area (Å²) in [5.74, 6) is 1.61. The normalized spacial score (nSPS) is 13.6. The van der Waals surface area contributed by atoms with Gasteiger partial charge in [-0.05, 0) is 97.7 Å². The van der Waals surface area contributed by atoms with E-state index in [4.69, 9.17) is 0 Å². The largest absolute Gasteiger partial charge is 0.508 e. The van der Waals surface area contributed by atoms with E-state index in [1.807, 2.05) is 12.1 Å². The van der Waals surface area contributed by atoms with Crippen molar-refractivity contribution in [3.63, 3.8) is 0 Å². The number of phenolic OH excluding ortho intramolecular Hbond substituents is 2. The number of nitrogens with one attached hydrogen (secondary N) is 1. The van der Waals surface area contributed by atoms with Crippen LogP contribution in [0.15, 0.2) is 36.4 Å². The number of rotatable bonds is 28. The van der Waals surface area contributed by atoms with Gasteiger partial charge in [0.15, 0.2) is 0 Å². The van der Waals surface area contributed by atoms with Crippen molar-refractivity contribution in [1.82, 2.24) is 5.32 Å². The topological polar surface area (TPSA) is 52.5 Å². The molecule has 0 bridgehead atoms. The van der Waals surface area contributed by atoms with Crippen molar-refractivity contribution in [1.29, 1.82) is 0 Å². The van der Waals surface area contributed by atoms with Gasteiger partial charge in [0.1, 0.15) is 11.5 Å². The van der Waals surface area contributed by atoms with E-state index in [1.54, 1.807) is 0 Å². The molecule has 0 aliphatic heterocycles. The molecule has 3 N–H and O–H groups in total. The molecule has 2 rings (SSSR count). The fourth-order valence-corrected chi connectivity index (χ4v) is 6.76. The fourth-order valence-electron chi connectivity index (χ4n) is 6.76. The predicted octanol–water partition coefficient (Wildman–Crippen LogP) is 12.9. The molecule has 3 heteroatoms. The first kappa shape index (κ1) is 40.2. The van der Waals surface area contributed by atoms with Crippen LogP contribution in [-0.4, -0.2) is 22.8 Å². The first-order valence-corrected chi connectivity index (χ1v) is 19.8. The van der Waals surface area contributed by atoms with Crippen LogP contribution in [0.1, 0.15) is 197 Å². The number of benzene rings is 2. The second-order valence-electron chi connectivity index (χ2n) is 14.4. The Bertz CT molecular complexity index is 970. The van der Waals surface area contributed by atoms with Gasteiger partial charge in [-0.1, -0.05) is 155 Å². The lowest BCUT2D eigenvalue weighted by Crippen LogP contribution is -2.31. The van der Waals surface area contributed by atoms with Gasteiger partial charge in [0.2, 0.25) is 0 Å². The van der Waals surface area contributed by atoms with Crippen molar-refractivity contribution >= 4 is 0 Å². The third-order valence-electron chi connectivity index (χ3n) is 10.5. The number of phenols is 2. The van der Waals surface area contributed by atoms with Crippen molar-refractivity contribution in [3.05, 3.63) is 58.7 Å². The molecular weight excluding hydrogens is 562 g/mol. The minimum absolute atomic E-state index is 0.373. The summed E-state index contributed by atoms with van der Waals surface area (Å²) >= 11 is 0. The Morgan fingerprint density at radius 3 is 1.26 bits per heavy atom. The third kappa shape index (κ3) is 16.7. The van der Waals surface area contributed by atoms with E-state index in [0.717, 1.165) is 56.2 Å². The molecule has 2 aromatic carbocycles. The van der Waals surface area contributed by atoms with Crippen molar-refractivity contribution in [3.8, 4) is 11.5 Å². The second kappa shape index (κ2) is 25.1. The average Bonchev–Trinajstić information content (AvgIpc) is 3.07. The van der Waals surface area contributed by atoms with Gasteiger partial charge in [-0.25, -0.2) is 0 Å². The zero-order chi connectivity index (χ0) is 33.4. The molecule has 0 saturated carbocycles. The molecule has 0 aliphatic carbocycles. The Morgan fingerprint density at radius 2 is 0.891 bits per heavy atom. The van der Waals surface area contributed by atoms with Crippen LogP contribution < -0.4 is 5.32 Å². The van der Waals surface area contributed by atoms with Gasteiger partial charge in [-0.15, -0.1) is 0 Å². The standard InChI is InChI=1S/C43H73NO2/c1-6-9-10-11-12-13-14-15-16-17-18-19-20-21-22-23-32-44-39(28-24-37-26-30-42(45)40(33-37)35(4)7-2)29-25-38-27-31-43(46)41(34-38)36(5)8-3/h26-27,30-31,33-36,39,44-46H,6-25,28-29,32H2,1-5H3. The lowest BCUT2D eigenvalue weighted by atomic mass is 9.92. The van der Waals surface area contributed by atoms with E-state index in [0.29, 0.717) is 29.4 Å². The molecule has 0 aliphatic rings. The lowest BCUT2D eigenvalue weighted by molar-refractivity contribution is 0.439. The van der Waals surface area contributed by atoms with E-state index in [9.17, 15) is 10.2 Å². The highest BCUT2D eigenvalue weighted by Crippen LogP contribution is 2.31. The molecule has 2 atom stereocenters. The molecule has 0 fully saturated rings. The fraction of sp³-hybridized carbons (Fsp3) is 0.721. The van der Waals surface area contributed by atoms with E-state index in [2.05, 4.69) is 64.2 Å². The Kier molecular flexibility index (Phi) is 21.9. The average molecular weight is 636 g/mol. The maximum absolute atomic E-state index is 10.4. The lowest BCUT2D eigenvalue weighted by Gasteiger charge is -2.20. The molecule has 262 valence electrons. The van der Waals surface area contributed by atoms with Gasteiger partial charge >= 0.3 is 0 Å². The maximum Gasteiger partial charge on any atom is 0.119 e. The van der Waals surface area contributed by atoms with Crippen LogP contribution in [0.2, 0.25) is 0 Å². The highest BCUT2D eigenvalue weighted by molar-refractivity contribution is 5.39. The van der Waals surface area contributed by atoms with Gasteiger partial charge < -0.3 is 15.5 Å². The molecule has 0 aromatic heterocycles. The van der Waals surface area contributed by atoms with E-state index in [-0.39, 0.29) is 0 Å². The first-order chi connectivity index (χ1) is 22.4. The Labute approximate surface area is 285 Å². The summed E-state index contributed by atoms with van der Waals surface area (Å²) in [5.41, 5.74) is 4.82. The third-order valence-corrected chi connectivity index (χ3v) is 10.5. The van der Waals surface area contributed by atoms with Crippen LogP contribution in [-0.2, 0) is 12.8 Å². The van der Waals surface area contributed by atoms with Gasteiger partial charge in [-0.2, -0.15) is 0 Å². The van der Waals surface area contributed by atoms with Crippen molar-refractivity contribution in [2.45, 2.75) is 194 Å². The highest BCUT2D eigenvalue weighted by Gasteiger charge is 2.14. The van der Waals surface area contributed by atoms with E-state index >= 15 is 0 Å². The van der Waals surface area contributed by atoms with E-state index in [1.165, 1.54) is 114 Å². The number of aryl methyl sites for hydroxylation is 2. The highest BCUT2D eigenvalue weighted by atomic mass is 16.3. The molecule has 0 radical (unpaired) electrons. The van der Waals surface area contributed by atoms with Gasteiger partial charge in [0, 0.05) is 6.04 Å². The Hall–Kier alpha value is -2.00. The molecule has 3 nitrogen and oxygen atoms in total. The summed E-state index contributed by atoms with van der Waals surface area (Å²) < 4.78 is 0.